The molecule has 7 heteroatoms. The molecule has 1 saturated carbocycles. The number of rotatable bonds is 6. The molecule has 22 heavy (non-hydrogen) atoms. The number of hydrogen-bond acceptors (Lipinski definition) is 6. The molecule has 0 saturated heterocycles. The number of nitrogens with one attached hydrogen (secondary N) is 1. The number of carbonyl (C=O) groups is 1. The zero-order valence-electron chi connectivity index (χ0n) is 13.0. The fourth-order valence-electron chi connectivity index (χ4n) is 2.30. The monoisotopic (exact) mass is 304 g/mol. The van der Waals surface area contributed by atoms with Gasteiger partial charge in [0.05, 0.1) is 18.7 Å². The lowest BCUT2D eigenvalue weighted by atomic mass is 10.2. The lowest BCUT2D eigenvalue weighted by Gasteiger charge is -2.13. The fourth-order valence-corrected chi connectivity index (χ4v) is 2.30. The topological polar surface area (TPSA) is 84.4 Å². The van der Waals surface area contributed by atoms with Crippen LogP contribution in [0.3, 0.4) is 0 Å². The number of furan rings is 1. The highest BCUT2D eigenvalue weighted by atomic mass is 16.4. The van der Waals surface area contributed by atoms with E-state index in [1.54, 1.807) is 0 Å². The maximum Gasteiger partial charge on any atom is 0.251 e. The van der Waals surface area contributed by atoms with Crippen molar-refractivity contribution >= 4 is 5.91 Å². The minimum atomic E-state index is 0.0334. The number of likely N-dealkylation sites (N-methyl/N-ethyl adjacent to an activating group) is 1. The maximum absolute atomic E-state index is 11.7. The van der Waals surface area contributed by atoms with Crippen molar-refractivity contribution < 1.29 is 13.6 Å². The third kappa shape index (κ3) is 3.54. The Kier molecular flexibility index (Phi) is 3.98. The van der Waals surface area contributed by atoms with Crippen LogP contribution in [0.5, 0.6) is 0 Å². The lowest BCUT2D eigenvalue weighted by molar-refractivity contribution is -0.122. The van der Waals surface area contributed by atoms with Crippen LogP contribution in [-0.4, -0.2) is 40.6 Å². The van der Waals surface area contributed by atoms with E-state index in [1.165, 1.54) is 0 Å². The van der Waals surface area contributed by atoms with Gasteiger partial charge in [0, 0.05) is 6.04 Å². The van der Waals surface area contributed by atoms with E-state index in [2.05, 4.69) is 15.5 Å². The van der Waals surface area contributed by atoms with Gasteiger partial charge in [0.25, 0.3) is 5.89 Å². The Morgan fingerprint density at radius 2 is 2.14 bits per heavy atom. The summed E-state index contributed by atoms with van der Waals surface area (Å²) in [5, 5.41) is 11.0. The third-order valence-electron chi connectivity index (χ3n) is 3.50. The summed E-state index contributed by atoms with van der Waals surface area (Å²) in [6, 6.07) is 2.25. The van der Waals surface area contributed by atoms with Gasteiger partial charge in [-0.05, 0) is 39.8 Å². The minimum Gasteiger partial charge on any atom is -0.466 e. The molecule has 1 fully saturated rings. The molecule has 118 valence electrons. The first-order valence-electron chi connectivity index (χ1n) is 7.39. The molecule has 1 N–H and O–H groups in total. The molecule has 0 bridgehead atoms. The molecule has 0 aliphatic heterocycles. The molecular weight excluding hydrogens is 284 g/mol. The molecule has 0 unspecified atom stereocenters. The predicted molar refractivity (Wildman–Crippen MR) is 79.0 cm³/mol. The second-order valence-electron chi connectivity index (χ2n) is 5.84. The summed E-state index contributed by atoms with van der Waals surface area (Å²) in [6.45, 7) is 4.49. The SMILES string of the molecule is Cc1cc(-c2nnc(CN(C)CC(=O)NC3CC3)o2)c(C)o1. The molecule has 1 aliphatic rings. The zero-order valence-corrected chi connectivity index (χ0v) is 13.0. The van der Waals surface area contributed by atoms with Gasteiger partial charge in [-0.2, -0.15) is 0 Å². The van der Waals surface area contributed by atoms with Crippen molar-refractivity contribution in [1.29, 1.82) is 0 Å². The fraction of sp³-hybridized carbons (Fsp3) is 0.533. The van der Waals surface area contributed by atoms with Crippen LogP contribution < -0.4 is 5.32 Å². The van der Waals surface area contributed by atoms with Crippen molar-refractivity contribution in [2.75, 3.05) is 13.6 Å². The number of carbonyl (C=O) groups excluding carboxylic acids is 1. The van der Waals surface area contributed by atoms with Crippen molar-refractivity contribution in [2.24, 2.45) is 0 Å². The van der Waals surface area contributed by atoms with Crippen LogP contribution in [0.15, 0.2) is 14.9 Å². The Labute approximate surface area is 128 Å². The number of nitrogens with zero attached hydrogens (tertiary/aromatic N) is 3. The van der Waals surface area contributed by atoms with E-state index in [1.807, 2.05) is 31.9 Å². The van der Waals surface area contributed by atoms with Crippen LogP contribution in [-0.2, 0) is 11.3 Å². The summed E-state index contributed by atoms with van der Waals surface area (Å²) in [4.78, 5) is 13.6. The average Bonchev–Trinajstić information content (AvgIpc) is 3.00. The Balaban J connectivity index is 1.58. The molecule has 0 radical (unpaired) electrons. The average molecular weight is 304 g/mol. The number of aryl methyl sites for hydroxylation is 2. The Hall–Kier alpha value is -2.15. The van der Waals surface area contributed by atoms with Crippen molar-refractivity contribution in [1.82, 2.24) is 20.4 Å². The number of amides is 1. The van der Waals surface area contributed by atoms with Gasteiger partial charge in [-0.3, -0.25) is 9.69 Å². The highest BCUT2D eigenvalue weighted by Gasteiger charge is 2.24. The van der Waals surface area contributed by atoms with Gasteiger partial charge in [0.1, 0.15) is 11.5 Å². The summed E-state index contributed by atoms with van der Waals surface area (Å²) >= 11 is 0. The van der Waals surface area contributed by atoms with Crippen LogP contribution in [0.1, 0.15) is 30.3 Å². The molecule has 7 nitrogen and oxygen atoms in total. The molecule has 1 aliphatic carbocycles. The summed E-state index contributed by atoms with van der Waals surface area (Å²) in [6.07, 6.45) is 2.18. The minimum absolute atomic E-state index is 0.0334. The predicted octanol–water partition coefficient (Wildman–Crippen LogP) is 1.66. The van der Waals surface area contributed by atoms with E-state index in [0.29, 0.717) is 30.9 Å². The van der Waals surface area contributed by atoms with Gasteiger partial charge < -0.3 is 14.2 Å². The Morgan fingerprint density at radius 1 is 1.36 bits per heavy atom. The number of aromatic nitrogens is 2. The summed E-state index contributed by atoms with van der Waals surface area (Å²) in [5.74, 6) is 2.52. The van der Waals surface area contributed by atoms with Gasteiger partial charge >= 0.3 is 0 Å². The van der Waals surface area contributed by atoms with Gasteiger partial charge in [0.2, 0.25) is 11.8 Å². The molecule has 2 heterocycles. The molecule has 3 rings (SSSR count). The van der Waals surface area contributed by atoms with Gasteiger partial charge in [0.15, 0.2) is 0 Å². The molecule has 0 spiro atoms. The Morgan fingerprint density at radius 3 is 2.77 bits per heavy atom. The molecule has 1 amide bonds. The van der Waals surface area contributed by atoms with Gasteiger partial charge in [-0.1, -0.05) is 0 Å². The molecule has 2 aromatic rings. The Bertz CT molecular complexity index is 672. The van der Waals surface area contributed by atoms with E-state index in [9.17, 15) is 4.79 Å². The van der Waals surface area contributed by atoms with Crippen LogP contribution in [0.25, 0.3) is 11.5 Å². The smallest absolute Gasteiger partial charge is 0.251 e. The first kappa shape index (κ1) is 14.8. The maximum atomic E-state index is 11.7. The van der Waals surface area contributed by atoms with Crippen LogP contribution >= 0.6 is 0 Å². The van der Waals surface area contributed by atoms with Crippen molar-refractivity contribution in [3.8, 4) is 11.5 Å². The van der Waals surface area contributed by atoms with E-state index in [4.69, 9.17) is 8.83 Å². The zero-order chi connectivity index (χ0) is 15.7. The number of hydrogen-bond donors (Lipinski definition) is 1. The van der Waals surface area contributed by atoms with E-state index in [-0.39, 0.29) is 5.91 Å². The third-order valence-corrected chi connectivity index (χ3v) is 3.50. The molecular formula is C15H20N4O3. The van der Waals surface area contributed by atoms with E-state index >= 15 is 0 Å². The summed E-state index contributed by atoms with van der Waals surface area (Å²) in [7, 11) is 1.85. The van der Waals surface area contributed by atoms with E-state index in [0.717, 1.165) is 29.9 Å². The van der Waals surface area contributed by atoms with E-state index < -0.39 is 0 Å². The highest BCUT2D eigenvalue weighted by Crippen LogP contribution is 2.25. The van der Waals surface area contributed by atoms with Crippen LogP contribution in [0, 0.1) is 13.8 Å². The molecule has 0 aromatic carbocycles. The van der Waals surface area contributed by atoms with Crippen LogP contribution in [0.2, 0.25) is 0 Å². The largest absolute Gasteiger partial charge is 0.466 e. The summed E-state index contributed by atoms with van der Waals surface area (Å²) in [5.41, 5.74) is 0.811. The normalized spacial score (nSPS) is 14.5. The van der Waals surface area contributed by atoms with Crippen molar-refractivity contribution in [3.63, 3.8) is 0 Å². The van der Waals surface area contributed by atoms with Crippen LogP contribution in [0.4, 0.5) is 0 Å². The molecule has 2 aromatic heterocycles. The summed E-state index contributed by atoms with van der Waals surface area (Å²) < 4.78 is 11.1. The molecule has 0 atom stereocenters. The van der Waals surface area contributed by atoms with Crippen molar-refractivity contribution in [2.45, 2.75) is 39.3 Å². The standard InChI is InChI=1S/C15H20N4O3/c1-9-6-12(10(2)21-9)15-18-17-14(22-15)8-19(3)7-13(20)16-11-4-5-11/h6,11H,4-5,7-8H2,1-3H3,(H,16,20). The van der Waals surface area contributed by atoms with Gasteiger partial charge in [-0.25, -0.2) is 0 Å². The first-order valence-corrected chi connectivity index (χ1v) is 7.39. The second-order valence-corrected chi connectivity index (χ2v) is 5.84. The lowest BCUT2D eigenvalue weighted by Crippen LogP contribution is -2.36. The quantitative estimate of drug-likeness (QED) is 0.873. The van der Waals surface area contributed by atoms with Crippen molar-refractivity contribution in [3.05, 3.63) is 23.5 Å². The first-order chi connectivity index (χ1) is 10.5. The highest BCUT2D eigenvalue weighted by molar-refractivity contribution is 5.78. The van der Waals surface area contributed by atoms with Gasteiger partial charge in [-0.15, -0.1) is 10.2 Å². The second kappa shape index (κ2) is 5.92.